The van der Waals surface area contributed by atoms with E-state index in [2.05, 4.69) is 24.4 Å². The van der Waals surface area contributed by atoms with E-state index >= 15 is 0 Å². The number of rotatable bonds is 3. The van der Waals surface area contributed by atoms with Gasteiger partial charge >= 0.3 is 0 Å². The Labute approximate surface area is 71.2 Å². The second-order valence-corrected chi connectivity index (χ2v) is 1.80. The normalized spacial score (nSPS) is 10.8. The van der Waals surface area contributed by atoms with E-state index < -0.39 is 0 Å². The number of hydrogen-bond donors (Lipinski definition) is 1. The standard InChI is InChI=1S/C8H15N.C2H6/c1-4-6-7-8(5-2)9-3;1-2/h5-7,9H,4H2,1-3H3;1-2H3/b7-6-,8-5+;. The van der Waals surface area contributed by atoms with Gasteiger partial charge in [-0.3, -0.25) is 0 Å². The summed E-state index contributed by atoms with van der Waals surface area (Å²) in [5.41, 5.74) is 1.18. The van der Waals surface area contributed by atoms with Crippen LogP contribution in [0.1, 0.15) is 34.1 Å². The lowest BCUT2D eigenvalue weighted by molar-refractivity contribution is 1.02. The Morgan fingerprint density at radius 1 is 1.36 bits per heavy atom. The summed E-state index contributed by atoms with van der Waals surface area (Å²) in [6, 6.07) is 0. The van der Waals surface area contributed by atoms with Crippen LogP contribution in [0.5, 0.6) is 0 Å². The average Bonchev–Trinajstić information content (AvgIpc) is 2.10. The summed E-state index contributed by atoms with van der Waals surface area (Å²) in [5.74, 6) is 0. The molecule has 0 heterocycles. The van der Waals surface area contributed by atoms with Crippen molar-refractivity contribution in [2.45, 2.75) is 34.1 Å². The Hall–Kier alpha value is -0.720. The van der Waals surface area contributed by atoms with Gasteiger partial charge < -0.3 is 5.32 Å². The molecule has 66 valence electrons. The summed E-state index contributed by atoms with van der Waals surface area (Å²) < 4.78 is 0. The maximum atomic E-state index is 3.06. The molecule has 1 N–H and O–H groups in total. The van der Waals surface area contributed by atoms with Gasteiger partial charge in [-0.1, -0.05) is 32.9 Å². The van der Waals surface area contributed by atoms with Crippen LogP contribution in [0.3, 0.4) is 0 Å². The van der Waals surface area contributed by atoms with Crippen LogP contribution in [0, 0.1) is 0 Å². The molecule has 11 heavy (non-hydrogen) atoms. The maximum absolute atomic E-state index is 3.06. The second kappa shape index (κ2) is 12.0. The lowest BCUT2D eigenvalue weighted by Crippen LogP contribution is -2.01. The largest absolute Gasteiger partial charge is 0.388 e. The maximum Gasteiger partial charge on any atom is 0.0290 e. The van der Waals surface area contributed by atoms with Crippen molar-refractivity contribution in [3.8, 4) is 0 Å². The molecule has 0 saturated heterocycles. The van der Waals surface area contributed by atoms with Crippen LogP contribution >= 0.6 is 0 Å². The number of nitrogens with one attached hydrogen (secondary N) is 1. The van der Waals surface area contributed by atoms with E-state index in [9.17, 15) is 0 Å². The van der Waals surface area contributed by atoms with E-state index in [0.717, 1.165) is 6.42 Å². The van der Waals surface area contributed by atoms with Gasteiger partial charge in [0, 0.05) is 12.7 Å². The summed E-state index contributed by atoms with van der Waals surface area (Å²) >= 11 is 0. The van der Waals surface area contributed by atoms with Gasteiger partial charge in [0.1, 0.15) is 0 Å². The van der Waals surface area contributed by atoms with E-state index in [4.69, 9.17) is 0 Å². The molecule has 0 aromatic carbocycles. The van der Waals surface area contributed by atoms with Crippen LogP contribution < -0.4 is 5.32 Å². The van der Waals surface area contributed by atoms with E-state index in [1.165, 1.54) is 5.70 Å². The Bertz CT molecular complexity index is 112. The molecule has 0 saturated carbocycles. The first-order valence-electron chi connectivity index (χ1n) is 4.35. The van der Waals surface area contributed by atoms with Crippen molar-refractivity contribution in [1.29, 1.82) is 0 Å². The summed E-state index contributed by atoms with van der Waals surface area (Å²) in [6.07, 6.45) is 7.36. The molecule has 0 amide bonds. The van der Waals surface area contributed by atoms with E-state index in [1.807, 2.05) is 33.9 Å². The van der Waals surface area contributed by atoms with Crippen molar-refractivity contribution in [2.24, 2.45) is 0 Å². The van der Waals surface area contributed by atoms with Crippen LogP contribution in [0.25, 0.3) is 0 Å². The number of allylic oxidation sites excluding steroid dienone is 3. The van der Waals surface area contributed by atoms with Gasteiger partial charge in [-0.25, -0.2) is 0 Å². The first-order valence-corrected chi connectivity index (χ1v) is 4.35. The minimum atomic E-state index is 1.10. The molecule has 0 unspecified atom stereocenters. The molecule has 0 aliphatic heterocycles. The number of hydrogen-bond acceptors (Lipinski definition) is 1. The molecular formula is C10H21N. The molecule has 1 heteroatoms. The molecule has 0 rings (SSSR count). The lowest BCUT2D eigenvalue weighted by atomic mass is 10.3. The molecule has 0 radical (unpaired) electrons. The molecule has 0 spiro atoms. The highest BCUT2D eigenvalue weighted by Gasteiger charge is 1.78. The molecule has 0 aromatic rings. The highest BCUT2D eigenvalue weighted by Crippen LogP contribution is 1.90. The average molecular weight is 155 g/mol. The first-order chi connectivity index (χ1) is 5.35. The molecule has 0 aromatic heterocycles. The van der Waals surface area contributed by atoms with Crippen LogP contribution in [-0.4, -0.2) is 7.05 Å². The second-order valence-electron chi connectivity index (χ2n) is 1.80. The minimum absolute atomic E-state index is 1.10. The first kappa shape index (κ1) is 12.9. The molecule has 0 atom stereocenters. The third-order valence-corrected chi connectivity index (χ3v) is 1.13. The van der Waals surface area contributed by atoms with Crippen LogP contribution in [0.15, 0.2) is 23.9 Å². The fraction of sp³-hybridized carbons (Fsp3) is 0.600. The molecule has 0 fully saturated rings. The van der Waals surface area contributed by atoms with Crippen molar-refractivity contribution in [2.75, 3.05) is 7.05 Å². The van der Waals surface area contributed by atoms with Gasteiger partial charge in [0.15, 0.2) is 0 Å². The van der Waals surface area contributed by atoms with Crippen LogP contribution in [0.2, 0.25) is 0 Å². The molecule has 0 aliphatic carbocycles. The monoisotopic (exact) mass is 155 g/mol. The van der Waals surface area contributed by atoms with E-state index in [1.54, 1.807) is 0 Å². The van der Waals surface area contributed by atoms with E-state index in [-0.39, 0.29) is 0 Å². The predicted molar refractivity (Wildman–Crippen MR) is 53.6 cm³/mol. The van der Waals surface area contributed by atoms with Crippen molar-refractivity contribution in [3.63, 3.8) is 0 Å². The Kier molecular flexibility index (Phi) is 14.1. The van der Waals surface area contributed by atoms with Gasteiger partial charge in [-0.05, 0) is 19.4 Å². The fourth-order valence-electron chi connectivity index (χ4n) is 0.569. The zero-order valence-electron chi connectivity index (χ0n) is 8.44. The Morgan fingerprint density at radius 2 is 1.91 bits per heavy atom. The van der Waals surface area contributed by atoms with Gasteiger partial charge in [-0.2, -0.15) is 0 Å². The SMILES string of the molecule is C/C=C(\C=C/CC)NC.CC. The van der Waals surface area contributed by atoms with Gasteiger partial charge in [0.05, 0.1) is 0 Å². The van der Waals surface area contributed by atoms with Crippen molar-refractivity contribution in [3.05, 3.63) is 23.9 Å². The Balaban J connectivity index is 0. The van der Waals surface area contributed by atoms with Crippen molar-refractivity contribution < 1.29 is 0 Å². The van der Waals surface area contributed by atoms with E-state index in [0.29, 0.717) is 0 Å². The van der Waals surface area contributed by atoms with Crippen molar-refractivity contribution >= 4 is 0 Å². The molecular weight excluding hydrogens is 134 g/mol. The quantitative estimate of drug-likeness (QED) is 0.617. The summed E-state index contributed by atoms with van der Waals surface area (Å²) in [6.45, 7) is 8.14. The van der Waals surface area contributed by atoms with Gasteiger partial charge in [0.25, 0.3) is 0 Å². The summed E-state index contributed by atoms with van der Waals surface area (Å²) in [4.78, 5) is 0. The minimum Gasteiger partial charge on any atom is -0.388 e. The smallest absolute Gasteiger partial charge is 0.0290 e. The van der Waals surface area contributed by atoms with Gasteiger partial charge in [-0.15, -0.1) is 0 Å². The Morgan fingerprint density at radius 3 is 2.18 bits per heavy atom. The molecule has 1 nitrogen and oxygen atoms in total. The van der Waals surface area contributed by atoms with Crippen LogP contribution in [-0.2, 0) is 0 Å². The summed E-state index contributed by atoms with van der Waals surface area (Å²) in [7, 11) is 1.93. The molecule has 0 aliphatic rings. The fourth-order valence-corrected chi connectivity index (χ4v) is 0.569. The third-order valence-electron chi connectivity index (χ3n) is 1.13. The highest BCUT2D eigenvalue weighted by molar-refractivity contribution is 5.14. The lowest BCUT2D eigenvalue weighted by Gasteiger charge is -1.96. The summed E-state index contributed by atoms with van der Waals surface area (Å²) in [5, 5.41) is 3.06. The molecule has 0 bridgehead atoms. The third kappa shape index (κ3) is 9.28. The highest BCUT2D eigenvalue weighted by atomic mass is 14.8. The topological polar surface area (TPSA) is 12.0 Å². The predicted octanol–water partition coefficient (Wildman–Crippen LogP) is 3.10. The zero-order chi connectivity index (χ0) is 9.11. The van der Waals surface area contributed by atoms with Crippen LogP contribution in [0.4, 0.5) is 0 Å². The zero-order valence-corrected chi connectivity index (χ0v) is 8.44. The van der Waals surface area contributed by atoms with Crippen molar-refractivity contribution in [1.82, 2.24) is 5.32 Å². The number of likely N-dealkylation sites (N-methyl/N-ethyl adjacent to an activating group) is 1. The van der Waals surface area contributed by atoms with Gasteiger partial charge in [0.2, 0.25) is 0 Å².